The van der Waals surface area contributed by atoms with Crippen molar-refractivity contribution in [1.29, 1.82) is 0 Å². The van der Waals surface area contributed by atoms with E-state index in [-0.39, 0.29) is 35.2 Å². The first-order chi connectivity index (χ1) is 23.9. The number of sulfonamides is 1. The molecule has 2 unspecified atom stereocenters. The zero-order chi connectivity index (χ0) is 37.7. The van der Waals surface area contributed by atoms with E-state index in [4.69, 9.17) is 11.6 Å². The number of hydrogen-bond donors (Lipinski definition) is 3. The van der Waals surface area contributed by atoms with Crippen molar-refractivity contribution in [2.45, 2.75) is 69.7 Å². The van der Waals surface area contributed by atoms with Gasteiger partial charge in [0.05, 0.1) is 10.9 Å². The number of carbonyl (C=O) groups is 4. The molecule has 0 saturated carbocycles. The fourth-order valence-electron chi connectivity index (χ4n) is 5.92. The van der Waals surface area contributed by atoms with E-state index < -0.39 is 63.6 Å². The van der Waals surface area contributed by atoms with Gasteiger partial charge in [-0.2, -0.15) is 13.2 Å². The minimum atomic E-state index is -5.02. The molecule has 15 heteroatoms. The number of nitrogens with zero attached hydrogens (tertiary/aromatic N) is 1. The molecular formula is C36H40ClF3N4O6S. The van der Waals surface area contributed by atoms with E-state index in [1.165, 1.54) is 62.4 Å². The molecule has 3 amide bonds. The predicted molar refractivity (Wildman–Crippen MR) is 186 cm³/mol. The van der Waals surface area contributed by atoms with E-state index in [1.54, 1.807) is 18.7 Å². The lowest BCUT2D eigenvalue weighted by atomic mass is 9.99. The Labute approximate surface area is 300 Å². The first-order valence-corrected chi connectivity index (χ1v) is 18.2. The average Bonchev–Trinajstić information content (AvgIpc) is 3.50. The number of carbonyl (C=O) groups excluding carboxylic acids is 4. The van der Waals surface area contributed by atoms with E-state index in [0.717, 1.165) is 11.1 Å². The van der Waals surface area contributed by atoms with Crippen LogP contribution in [0.2, 0.25) is 5.02 Å². The molecule has 0 aromatic heterocycles. The second kappa shape index (κ2) is 16.4. The number of nitrogens with one attached hydrogen (secondary N) is 3. The number of hydrogen-bond acceptors (Lipinski definition) is 7. The molecule has 274 valence electrons. The van der Waals surface area contributed by atoms with Crippen LogP contribution >= 0.6 is 11.6 Å². The fourth-order valence-corrected chi connectivity index (χ4v) is 7.02. The van der Waals surface area contributed by atoms with Crippen molar-refractivity contribution in [2.24, 2.45) is 11.8 Å². The SMILES string of the molecule is CC(C)C(NC(=O)c1ccc(C(=O)NS(=O)(=O)c2ccc(Cl)cc2)cc1)C(=O)N(CCNC(C(=O)C(F)(F)F)C(C)C)C1Cc2ccccc2C1. The molecule has 3 aromatic carbocycles. The smallest absolute Gasteiger partial charge is 0.340 e. The van der Waals surface area contributed by atoms with Crippen molar-refractivity contribution in [3.05, 3.63) is 100 Å². The van der Waals surface area contributed by atoms with Crippen LogP contribution in [0.5, 0.6) is 0 Å². The van der Waals surface area contributed by atoms with Crippen molar-refractivity contribution in [2.75, 3.05) is 13.1 Å². The maximum Gasteiger partial charge on any atom is 0.451 e. The highest BCUT2D eigenvalue weighted by Crippen LogP contribution is 2.27. The minimum Gasteiger partial charge on any atom is -0.340 e. The molecule has 0 heterocycles. The van der Waals surface area contributed by atoms with E-state index >= 15 is 0 Å². The van der Waals surface area contributed by atoms with Crippen molar-refractivity contribution in [3.8, 4) is 0 Å². The van der Waals surface area contributed by atoms with Crippen molar-refractivity contribution in [1.82, 2.24) is 20.3 Å². The molecule has 51 heavy (non-hydrogen) atoms. The van der Waals surface area contributed by atoms with Gasteiger partial charge in [0.25, 0.3) is 27.6 Å². The maximum atomic E-state index is 14.2. The molecule has 10 nitrogen and oxygen atoms in total. The van der Waals surface area contributed by atoms with E-state index in [1.807, 2.05) is 29.0 Å². The third-order valence-electron chi connectivity index (χ3n) is 8.68. The van der Waals surface area contributed by atoms with E-state index in [0.29, 0.717) is 17.9 Å². The lowest BCUT2D eigenvalue weighted by Gasteiger charge is -2.35. The molecule has 1 aliphatic carbocycles. The second-order valence-corrected chi connectivity index (χ2v) is 15.2. The average molecular weight is 749 g/mol. The van der Waals surface area contributed by atoms with Crippen LogP contribution in [0.4, 0.5) is 13.2 Å². The monoisotopic (exact) mass is 748 g/mol. The molecule has 4 rings (SSSR count). The number of alkyl halides is 3. The van der Waals surface area contributed by atoms with Gasteiger partial charge in [-0.25, -0.2) is 13.1 Å². The van der Waals surface area contributed by atoms with E-state index in [9.17, 15) is 40.8 Å². The molecule has 3 aromatic rings. The van der Waals surface area contributed by atoms with Gasteiger partial charge in [-0.05, 0) is 84.3 Å². The molecule has 2 atom stereocenters. The standard InChI is InChI=1S/C36H40ClF3N4O6S/c1-21(2)30(32(45)36(38,39)40)41-17-18-44(28-19-25-7-5-6-8-26(25)20-28)35(48)31(22(3)4)42-33(46)23-9-11-24(12-10-23)34(47)43-51(49,50)29-15-13-27(37)14-16-29/h5-16,21-22,28,30-31,41H,17-20H2,1-4H3,(H,42,46)(H,43,47). The third-order valence-corrected chi connectivity index (χ3v) is 10.3. The number of amides is 3. The normalized spacial score (nSPS) is 14.5. The molecule has 0 radical (unpaired) electrons. The third kappa shape index (κ3) is 9.95. The van der Waals surface area contributed by atoms with Crippen LogP contribution in [-0.4, -0.2) is 74.2 Å². The Kier molecular flexibility index (Phi) is 12.7. The molecule has 0 bridgehead atoms. The summed E-state index contributed by atoms with van der Waals surface area (Å²) in [5, 5.41) is 5.79. The van der Waals surface area contributed by atoms with Crippen LogP contribution in [0.15, 0.2) is 77.7 Å². The molecule has 0 fully saturated rings. The van der Waals surface area contributed by atoms with Gasteiger partial charge in [0.1, 0.15) is 6.04 Å². The van der Waals surface area contributed by atoms with Crippen LogP contribution in [0.1, 0.15) is 59.5 Å². The van der Waals surface area contributed by atoms with Gasteiger partial charge < -0.3 is 15.5 Å². The molecular weight excluding hydrogens is 709 g/mol. The van der Waals surface area contributed by atoms with Gasteiger partial charge in [-0.1, -0.05) is 63.6 Å². The molecule has 3 N–H and O–H groups in total. The van der Waals surface area contributed by atoms with Crippen molar-refractivity contribution in [3.63, 3.8) is 0 Å². The molecule has 0 aliphatic heterocycles. The van der Waals surface area contributed by atoms with Gasteiger partial charge in [0.15, 0.2) is 0 Å². The Bertz CT molecular complexity index is 1830. The molecule has 0 saturated heterocycles. The fraction of sp³-hybridized carbons (Fsp3) is 0.389. The summed E-state index contributed by atoms with van der Waals surface area (Å²) in [5.41, 5.74) is 2.13. The maximum absolute atomic E-state index is 14.2. The van der Waals surface area contributed by atoms with Crippen LogP contribution < -0.4 is 15.4 Å². The highest BCUT2D eigenvalue weighted by atomic mass is 35.5. The van der Waals surface area contributed by atoms with Gasteiger partial charge in [-0.3, -0.25) is 19.2 Å². The Hall–Kier alpha value is -4.27. The van der Waals surface area contributed by atoms with Crippen LogP contribution in [0.25, 0.3) is 0 Å². The highest BCUT2D eigenvalue weighted by molar-refractivity contribution is 7.90. The van der Waals surface area contributed by atoms with Crippen LogP contribution in [0, 0.1) is 11.8 Å². The van der Waals surface area contributed by atoms with Crippen LogP contribution in [0.3, 0.4) is 0 Å². The van der Waals surface area contributed by atoms with Gasteiger partial charge in [-0.15, -0.1) is 0 Å². The minimum absolute atomic E-state index is 0.0202. The second-order valence-electron chi connectivity index (χ2n) is 13.1. The van der Waals surface area contributed by atoms with Gasteiger partial charge in [0, 0.05) is 35.3 Å². The number of ketones is 1. The summed E-state index contributed by atoms with van der Waals surface area (Å²) >= 11 is 5.81. The summed E-state index contributed by atoms with van der Waals surface area (Å²) in [6.45, 7) is 6.38. The number of fused-ring (bicyclic) bond motifs is 1. The van der Waals surface area contributed by atoms with Gasteiger partial charge >= 0.3 is 6.18 Å². The number of benzene rings is 3. The van der Waals surface area contributed by atoms with Crippen molar-refractivity contribution < 1.29 is 40.8 Å². The van der Waals surface area contributed by atoms with E-state index in [2.05, 4.69) is 10.6 Å². The Morgan fingerprint density at radius 2 is 1.31 bits per heavy atom. The number of rotatable bonds is 14. The summed E-state index contributed by atoms with van der Waals surface area (Å²) in [5.74, 6) is -4.95. The largest absolute Gasteiger partial charge is 0.451 e. The molecule has 0 spiro atoms. The zero-order valence-corrected chi connectivity index (χ0v) is 30.0. The van der Waals surface area contributed by atoms with Gasteiger partial charge in [0.2, 0.25) is 5.91 Å². The Morgan fingerprint density at radius 3 is 1.80 bits per heavy atom. The Morgan fingerprint density at radius 1 is 0.804 bits per heavy atom. The summed E-state index contributed by atoms with van der Waals surface area (Å²) in [6.07, 6.45) is -4.01. The highest BCUT2D eigenvalue weighted by Gasteiger charge is 2.44. The first kappa shape index (κ1) is 39.5. The number of halogens is 4. The lowest BCUT2D eigenvalue weighted by molar-refractivity contribution is -0.174. The molecule has 1 aliphatic rings. The summed E-state index contributed by atoms with van der Waals surface area (Å²) in [6, 6.07) is 15.2. The topological polar surface area (TPSA) is 142 Å². The quantitative estimate of drug-likeness (QED) is 0.212. The predicted octanol–water partition coefficient (Wildman–Crippen LogP) is 4.95. The first-order valence-electron chi connectivity index (χ1n) is 16.3. The summed E-state index contributed by atoms with van der Waals surface area (Å²) in [7, 11) is -4.20. The lowest BCUT2D eigenvalue weighted by Crippen LogP contribution is -2.56. The zero-order valence-electron chi connectivity index (χ0n) is 28.5. The van der Waals surface area contributed by atoms with Crippen molar-refractivity contribution >= 4 is 45.1 Å². The summed E-state index contributed by atoms with van der Waals surface area (Å²) in [4.78, 5) is 53.8. The Balaban J connectivity index is 1.49. The van der Waals surface area contributed by atoms with Crippen LogP contribution in [-0.2, 0) is 32.5 Å². The summed E-state index contributed by atoms with van der Waals surface area (Å²) < 4.78 is 67.1. The number of Topliss-reactive ketones (excluding diaryl/α,β-unsaturated/α-hetero) is 1.